The Balaban J connectivity index is 2.22. The van der Waals surface area contributed by atoms with Crippen LogP contribution in [0.2, 0.25) is 0 Å². The summed E-state index contributed by atoms with van der Waals surface area (Å²) in [5, 5.41) is 9.09. The fourth-order valence-electron chi connectivity index (χ4n) is 2.30. The second-order valence-electron chi connectivity index (χ2n) is 5.84. The summed E-state index contributed by atoms with van der Waals surface area (Å²) < 4.78 is 37.8. The molecule has 2 rings (SSSR count). The lowest BCUT2D eigenvalue weighted by atomic mass is 10.2. The number of carbonyl (C=O) groups excluding carboxylic acids is 1. The molecule has 0 heterocycles. The fraction of sp³-hybridized carbons (Fsp3) is 0.263. The van der Waals surface area contributed by atoms with E-state index in [2.05, 4.69) is 4.72 Å². The molecule has 0 saturated carbocycles. The van der Waals surface area contributed by atoms with E-state index in [-0.39, 0.29) is 21.9 Å². The molecule has 150 valence electrons. The van der Waals surface area contributed by atoms with E-state index in [1.165, 1.54) is 43.5 Å². The third-order valence-corrected chi connectivity index (χ3v) is 5.21. The maximum Gasteiger partial charge on any atom is 0.338 e. The Morgan fingerprint density at radius 2 is 1.71 bits per heavy atom. The van der Waals surface area contributed by atoms with Gasteiger partial charge in [0.1, 0.15) is 10.6 Å². The monoisotopic (exact) mass is 407 g/mol. The number of benzene rings is 2. The fourth-order valence-corrected chi connectivity index (χ4v) is 3.55. The van der Waals surface area contributed by atoms with Crippen LogP contribution in [0.4, 0.5) is 5.69 Å². The molecular formula is C19H21NO7S. The number of aromatic carboxylic acids is 1. The summed E-state index contributed by atoms with van der Waals surface area (Å²) in [7, 11) is -2.83. The molecule has 2 N–H and O–H groups in total. The van der Waals surface area contributed by atoms with Crippen LogP contribution in [0.25, 0.3) is 0 Å². The molecule has 0 fully saturated rings. The van der Waals surface area contributed by atoms with E-state index in [1.54, 1.807) is 0 Å². The molecule has 0 spiro atoms. The molecule has 28 heavy (non-hydrogen) atoms. The average molecular weight is 407 g/mol. The molecule has 0 bridgehead atoms. The first-order valence-corrected chi connectivity index (χ1v) is 9.98. The minimum atomic E-state index is -4.12. The number of carbonyl (C=O) groups is 2. The molecule has 0 atom stereocenters. The maximum atomic E-state index is 12.7. The average Bonchev–Trinajstić information content (AvgIpc) is 2.67. The van der Waals surface area contributed by atoms with Gasteiger partial charge in [0.25, 0.3) is 10.0 Å². The van der Waals surface area contributed by atoms with Crippen LogP contribution in [0, 0.1) is 0 Å². The van der Waals surface area contributed by atoms with Gasteiger partial charge in [-0.25, -0.2) is 18.0 Å². The lowest BCUT2D eigenvalue weighted by Gasteiger charge is -2.12. The molecule has 2 aromatic rings. The highest BCUT2D eigenvalue weighted by atomic mass is 32.2. The van der Waals surface area contributed by atoms with E-state index in [0.29, 0.717) is 12.2 Å². The van der Waals surface area contributed by atoms with Crippen molar-refractivity contribution in [3.63, 3.8) is 0 Å². The Bertz CT molecular complexity index is 953. The van der Waals surface area contributed by atoms with Crippen molar-refractivity contribution in [3.8, 4) is 5.75 Å². The van der Waals surface area contributed by atoms with Crippen molar-refractivity contribution in [2.45, 2.75) is 24.7 Å². The van der Waals surface area contributed by atoms with Crippen LogP contribution in [0.3, 0.4) is 0 Å². The van der Waals surface area contributed by atoms with Crippen molar-refractivity contribution in [1.82, 2.24) is 0 Å². The molecule has 0 aromatic heterocycles. The van der Waals surface area contributed by atoms with Gasteiger partial charge in [-0.05, 0) is 48.9 Å². The quantitative estimate of drug-likeness (QED) is 0.484. The number of hydrogen-bond donors (Lipinski definition) is 2. The summed E-state index contributed by atoms with van der Waals surface area (Å²) in [6.07, 6.45) is 1.67. The number of rotatable bonds is 9. The van der Waals surface area contributed by atoms with E-state index in [1.807, 2.05) is 6.92 Å². The largest absolute Gasteiger partial charge is 0.495 e. The molecular weight excluding hydrogens is 386 g/mol. The highest BCUT2D eigenvalue weighted by Gasteiger charge is 2.22. The van der Waals surface area contributed by atoms with Crippen LogP contribution in [0.15, 0.2) is 47.4 Å². The van der Waals surface area contributed by atoms with Crippen LogP contribution in [-0.2, 0) is 14.8 Å². The number of carboxylic acids is 1. The number of nitrogens with one attached hydrogen (secondary N) is 1. The van der Waals surface area contributed by atoms with Crippen LogP contribution in [-0.4, -0.2) is 39.2 Å². The zero-order valence-corrected chi connectivity index (χ0v) is 16.3. The lowest BCUT2D eigenvalue weighted by molar-refractivity contribution is 0.0499. The van der Waals surface area contributed by atoms with Gasteiger partial charge in [0.05, 0.1) is 24.8 Å². The van der Waals surface area contributed by atoms with Gasteiger partial charge in [-0.1, -0.05) is 13.3 Å². The number of esters is 1. The number of ether oxygens (including phenoxy) is 2. The third-order valence-electron chi connectivity index (χ3n) is 3.80. The number of unbranched alkanes of at least 4 members (excludes halogenated alkanes) is 1. The number of anilines is 1. The van der Waals surface area contributed by atoms with Gasteiger partial charge in [0.15, 0.2) is 0 Å². The van der Waals surface area contributed by atoms with Crippen molar-refractivity contribution in [3.05, 3.63) is 53.6 Å². The topological polar surface area (TPSA) is 119 Å². The maximum absolute atomic E-state index is 12.7. The molecule has 0 amide bonds. The normalized spacial score (nSPS) is 10.9. The molecule has 0 radical (unpaired) electrons. The predicted octanol–water partition coefficient (Wildman–Crippen LogP) is 3.15. The minimum Gasteiger partial charge on any atom is -0.495 e. The van der Waals surface area contributed by atoms with Gasteiger partial charge in [0.2, 0.25) is 0 Å². The first-order chi connectivity index (χ1) is 13.3. The first kappa shape index (κ1) is 21.2. The number of carboxylic acid groups (broad SMARTS) is 1. The Labute approximate surface area is 163 Å². The molecule has 0 aliphatic carbocycles. The van der Waals surface area contributed by atoms with Gasteiger partial charge < -0.3 is 14.6 Å². The Hall–Kier alpha value is -3.07. The number of hydrogen-bond acceptors (Lipinski definition) is 6. The van der Waals surface area contributed by atoms with Gasteiger partial charge >= 0.3 is 11.9 Å². The zero-order chi connectivity index (χ0) is 20.7. The van der Waals surface area contributed by atoms with Crippen LogP contribution in [0.5, 0.6) is 5.75 Å². The first-order valence-electron chi connectivity index (χ1n) is 8.50. The SMILES string of the molecule is CCCCOC(=O)c1ccc(NS(=O)(=O)c2cc(C(=O)O)ccc2OC)cc1. The van der Waals surface area contributed by atoms with E-state index < -0.39 is 22.0 Å². The van der Waals surface area contributed by atoms with Crippen molar-refractivity contribution < 1.29 is 32.6 Å². The number of methoxy groups -OCH3 is 1. The van der Waals surface area contributed by atoms with Gasteiger partial charge in [-0.15, -0.1) is 0 Å². The summed E-state index contributed by atoms with van der Waals surface area (Å²) in [6.45, 7) is 2.30. The smallest absolute Gasteiger partial charge is 0.338 e. The lowest BCUT2D eigenvalue weighted by Crippen LogP contribution is -2.15. The van der Waals surface area contributed by atoms with Crippen molar-refractivity contribution in [2.24, 2.45) is 0 Å². The standard InChI is InChI=1S/C19H21NO7S/c1-3-4-11-27-19(23)13-5-8-15(9-6-13)20-28(24,25)17-12-14(18(21)22)7-10-16(17)26-2/h5-10,12,20H,3-4,11H2,1-2H3,(H,21,22). The second-order valence-corrected chi connectivity index (χ2v) is 7.49. The van der Waals surface area contributed by atoms with Crippen LogP contribution < -0.4 is 9.46 Å². The highest BCUT2D eigenvalue weighted by Crippen LogP contribution is 2.27. The molecule has 8 nitrogen and oxygen atoms in total. The second kappa shape index (κ2) is 9.23. The van der Waals surface area contributed by atoms with Crippen molar-refractivity contribution in [1.29, 1.82) is 0 Å². The van der Waals surface area contributed by atoms with Crippen molar-refractivity contribution >= 4 is 27.6 Å². The molecule has 0 saturated heterocycles. The van der Waals surface area contributed by atoms with E-state index >= 15 is 0 Å². The Morgan fingerprint density at radius 1 is 1.07 bits per heavy atom. The van der Waals surface area contributed by atoms with Crippen LogP contribution in [0.1, 0.15) is 40.5 Å². The summed E-state index contributed by atoms with van der Waals surface area (Å²) in [6, 6.07) is 9.26. The Kier molecular flexibility index (Phi) is 7.00. The summed E-state index contributed by atoms with van der Waals surface area (Å²) in [4.78, 5) is 22.7. The summed E-state index contributed by atoms with van der Waals surface area (Å²) >= 11 is 0. The van der Waals surface area contributed by atoms with E-state index in [9.17, 15) is 18.0 Å². The Morgan fingerprint density at radius 3 is 2.29 bits per heavy atom. The summed E-state index contributed by atoms with van der Waals surface area (Å²) in [5.74, 6) is -1.74. The number of sulfonamides is 1. The van der Waals surface area contributed by atoms with E-state index in [0.717, 1.165) is 18.9 Å². The van der Waals surface area contributed by atoms with Gasteiger partial charge in [-0.2, -0.15) is 0 Å². The third kappa shape index (κ3) is 5.23. The van der Waals surface area contributed by atoms with Gasteiger partial charge in [0, 0.05) is 5.69 Å². The molecule has 2 aromatic carbocycles. The zero-order valence-electron chi connectivity index (χ0n) is 15.5. The van der Waals surface area contributed by atoms with Crippen molar-refractivity contribution in [2.75, 3.05) is 18.4 Å². The highest BCUT2D eigenvalue weighted by molar-refractivity contribution is 7.92. The molecule has 0 aliphatic rings. The predicted molar refractivity (Wildman–Crippen MR) is 102 cm³/mol. The van der Waals surface area contributed by atoms with Crippen LogP contribution >= 0.6 is 0 Å². The molecule has 0 unspecified atom stereocenters. The summed E-state index contributed by atoms with van der Waals surface area (Å²) in [5.41, 5.74) is 0.309. The molecule has 0 aliphatic heterocycles. The molecule has 9 heteroatoms. The van der Waals surface area contributed by atoms with E-state index in [4.69, 9.17) is 14.6 Å². The van der Waals surface area contributed by atoms with Gasteiger partial charge in [-0.3, -0.25) is 4.72 Å². The minimum absolute atomic E-state index is 0.00798.